The van der Waals surface area contributed by atoms with Gasteiger partial charge in [0, 0.05) is 42.8 Å². The summed E-state index contributed by atoms with van der Waals surface area (Å²) in [5.41, 5.74) is 3.42. The largest absolute Gasteiger partial charge is 0.349 e. The molecule has 166 valence electrons. The van der Waals surface area contributed by atoms with Crippen molar-refractivity contribution in [3.63, 3.8) is 0 Å². The van der Waals surface area contributed by atoms with Crippen molar-refractivity contribution in [2.45, 2.75) is 44.2 Å². The molecule has 0 radical (unpaired) electrons. The van der Waals surface area contributed by atoms with Gasteiger partial charge in [0.25, 0.3) is 5.91 Å². The van der Waals surface area contributed by atoms with Crippen molar-refractivity contribution < 1.29 is 4.79 Å². The van der Waals surface area contributed by atoms with Crippen molar-refractivity contribution in [1.29, 1.82) is 0 Å². The van der Waals surface area contributed by atoms with E-state index in [2.05, 4.69) is 26.4 Å². The number of carbonyl (C=O) groups excluding carboxylic acids is 1. The van der Waals surface area contributed by atoms with Crippen LogP contribution < -0.4 is 5.32 Å². The third kappa shape index (κ3) is 4.68. The second-order valence-corrected chi connectivity index (χ2v) is 9.41. The summed E-state index contributed by atoms with van der Waals surface area (Å²) in [6.07, 6.45) is 7.47. The van der Waals surface area contributed by atoms with Gasteiger partial charge in [-0.05, 0) is 56.0 Å². The van der Waals surface area contributed by atoms with Gasteiger partial charge in [-0.3, -0.25) is 14.7 Å². The first-order valence-electron chi connectivity index (χ1n) is 11.0. The predicted molar refractivity (Wildman–Crippen MR) is 126 cm³/mol. The van der Waals surface area contributed by atoms with Crippen LogP contribution in [0.2, 0.25) is 10.0 Å². The van der Waals surface area contributed by atoms with Gasteiger partial charge in [-0.1, -0.05) is 29.3 Å². The average Bonchev–Trinajstić information content (AvgIpc) is 3.54. The first-order chi connectivity index (χ1) is 15.6. The predicted octanol–water partition coefficient (Wildman–Crippen LogP) is 4.85. The number of amides is 1. The zero-order chi connectivity index (χ0) is 22.1. The van der Waals surface area contributed by atoms with Crippen molar-refractivity contribution in [2.75, 3.05) is 13.1 Å². The second kappa shape index (κ2) is 9.22. The molecule has 1 amide bonds. The summed E-state index contributed by atoms with van der Waals surface area (Å²) in [7, 11) is 0. The van der Waals surface area contributed by atoms with Gasteiger partial charge >= 0.3 is 0 Å². The molecule has 0 spiro atoms. The lowest BCUT2D eigenvalue weighted by atomic mass is 10.0. The van der Waals surface area contributed by atoms with E-state index in [9.17, 15) is 4.79 Å². The molecule has 8 heteroatoms. The Morgan fingerprint density at radius 2 is 1.91 bits per heavy atom. The second-order valence-electron chi connectivity index (χ2n) is 8.57. The van der Waals surface area contributed by atoms with Crippen LogP contribution in [0.1, 0.15) is 53.3 Å². The van der Waals surface area contributed by atoms with Crippen LogP contribution in [0, 0.1) is 0 Å². The fourth-order valence-electron chi connectivity index (χ4n) is 4.35. The topological polar surface area (TPSA) is 63.1 Å². The molecular weight excluding hydrogens is 445 g/mol. The SMILES string of the molecule is O=C(NC1CCN(Cc2ccccn2)CC1)c1cnn(-c2ccc(Cl)cc2Cl)c1C1CC1. The van der Waals surface area contributed by atoms with E-state index in [4.69, 9.17) is 23.2 Å². The number of aromatic nitrogens is 3. The lowest BCUT2D eigenvalue weighted by molar-refractivity contribution is 0.0907. The van der Waals surface area contributed by atoms with Crippen molar-refractivity contribution in [2.24, 2.45) is 0 Å². The number of benzene rings is 1. The van der Waals surface area contributed by atoms with Crippen molar-refractivity contribution in [3.05, 3.63) is 75.8 Å². The molecule has 32 heavy (non-hydrogen) atoms. The zero-order valence-corrected chi connectivity index (χ0v) is 19.2. The molecule has 1 aliphatic heterocycles. The van der Waals surface area contributed by atoms with Crippen LogP contribution in [0.25, 0.3) is 5.69 Å². The molecule has 3 aromatic rings. The van der Waals surface area contributed by atoms with E-state index in [0.29, 0.717) is 21.5 Å². The molecule has 1 aliphatic carbocycles. The van der Waals surface area contributed by atoms with E-state index in [0.717, 1.165) is 62.4 Å². The van der Waals surface area contributed by atoms with Gasteiger partial charge in [-0.25, -0.2) is 4.68 Å². The summed E-state index contributed by atoms with van der Waals surface area (Å²) >= 11 is 12.5. The molecule has 0 bridgehead atoms. The Kier molecular flexibility index (Phi) is 6.17. The minimum absolute atomic E-state index is 0.0496. The summed E-state index contributed by atoms with van der Waals surface area (Å²) in [4.78, 5) is 20.0. The summed E-state index contributed by atoms with van der Waals surface area (Å²) in [6, 6.07) is 11.5. The average molecular weight is 470 g/mol. The standard InChI is InChI=1S/C24H25Cl2N5O/c25-17-6-7-22(21(26)13-17)31-23(16-4-5-16)20(14-28-31)24(32)29-18-8-11-30(12-9-18)15-19-3-1-2-10-27-19/h1-3,6-7,10,13-14,16,18H,4-5,8-9,11-12,15H2,(H,29,32). The van der Waals surface area contributed by atoms with Crippen LogP contribution in [0.15, 0.2) is 48.8 Å². The van der Waals surface area contributed by atoms with Gasteiger partial charge in [0.15, 0.2) is 0 Å². The molecule has 3 heterocycles. The van der Waals surface area contributed by atoms with Gasteiger partial charge in [0.1, 0.15) is 0 Å². The molecule has 0 atom stereocenters. The lowest BCUT2D eigenvalue weighted by Crippen LogP contribution is -2.44. The number of nitrogens with zero attached hydrogens (tertiary/aromatic N) is 4. The highest BCUT2D eigenvalue weighted by Gasteiger charge is 2.34. The van der Waals surface area contributed by atoms with E-state index in [1.807, 2.05) is 24.4 Å². The summed E-state index contributed by atoms with van der Waals surface area (Å²) < 4.78 is 1.81. The molecule has 1 aromatic carbocycles. The maximum absolute atomic E-state index is 13.2. The molecular formula is C24H25Cl2N5O. The van der Waals surface area contributed by atoms with Crippen LogP contribution in [0.3, 0.4) is 0 Å². The molecule has 6 nitrogen and oxygen atoms in total. The summed E-state index contributed by atoms with van der Waals surface area (Å²) in [5.74, 6) is 0.289. The zero-order valence-electron chi connectivity index (χ0n) is 17.7. The van der Waals surface area contributed by atoms with Crippen LogP contribution in [-0.4, -0.2) is 44.7 Å². The van der Waals surface area contributed by atoms with E-state index in [1.54, 1.807) is 23.0 Å². The highest BCUT2D eigenvalue weighted by molar-refractivity contribution is 6.35. The number of carbonyl (C=O) groups is 1. The molecule has 2 fully saturated rings. The number of hydrogen-bond donors (Lipinski definition) is 1. The Labute approximate surface area is 197 Å². The Morgan fingerprint density at radius 1 is 1.09 bits per heavy atom. The van der Waals surface area contributed by atoms with E-state index in [-0.39, 0.29) is 11.9 Å². The highest BCUT2D eigenvalue weighted by atomic mass is 35.5. The number of piperidine rings is 1. The van der Waals surface area contributed by atoms with Gasteiger partial charge < -0.3 is 5.32 Å². The first kappa shape index (κ1) is 21.4. The van der Waals surface area contributed by atoms with Crippen LogP contribution in [0.5, 0.6) is 0 Å². The maximum Gasteiger partial charge on any atom is 0.255 e. The fraction of sp³-hybridized carbons (Fsp3) is 0.375. The smallest absolute Gasteiger partial charge is 0.255 e. The fourth-order valence-corrected chi connectivity index (χ4v) is 4.84. The normalized spacial score (nSPS) is 17.4. The molecule has 5 rings (SSSR count). The third-order valence-corrected chi connectivity index (χ3v) is 6.73. The van der Waals surface area contributed by atoms with Gasteiger partial charge in [0.05, 0.1) is 33.9 Å². The number of halogens is 2. The Morgan fingerprint density at radius 3 is 2.59 bits per heavy atom. The van der Waals surface area contributed by atoms with Crippen molar-refractivity contribution in [1.82, 2.24) is 25.0 Å². The van der Waals surface area contributed by atoms with Crippen molar-refractivity contribution in [3.8, 4) is 5.69 Å². The van der Waals surface area contributed by atoms with Crippen LogP contribution in [0.4, 0.5) is 0 Å². The Hall–Kier alpha value is -2.41. The molecule has 2 aliphatic rings. The molecule has 1 saturated heterocycles. The number of pyridine rings is 1. The third-order valence-electron chi connectivity index (χ3n) is 6.19. The number of rotatable bonds is 6. The minimum Gasteiger partial charge on any atom is -0.349 e. The Bertz CT molecular complexity index is 1100. The van der Waals surface area contributed by atoms with E-state index in [1.165, 1.54) is 0 Å². The monoisotopic (exact) mass is 469 g/mol. The lowest BCUT2D eigenvalue weighted by Gasteiger charge is -2.32. The number of nitrogens with one attached hydrogen (secondary N) is 1. The van der Waals surface area contributed by atoms with Crippen molar-refractivity contribution >= 4 is 29.1 Å². The summed E-state index contributed by atoms with van der Waals surface area (Å²) in [5, 5.41) is 8.86. The first-order valence-corrected chi connectivity index (χ1v) is 11.8. The molecule has 1 saturated carbocycles. The maximum atomic E-state index is 13.2. The van der Waals surface area contributed by atoms with Crippen LogP contribution in [-0.2, 0) is 6.54 Å². The van der Waals surface area contributed by atoms with Gasteiger partial charge in [-0.15, -0.1) is 0 Å². The van der Waals surface area contributed by atoms with Gasteiger partial charge in [-0.2, -0.15) is 5.10 Å². The number of likely N-dealkylation sites (tertiary alicyclic amines) is 1. The quantitative estimate of drug-likeness (QED) is 0.560. The molecule has 1 N–H and O–H groups in total. The minimum atomic E-state index is -0.0496. The number of hydrogen-bond acceptors (Lipinski definition) is 4. The van der Waals surface area contributed by atoms with Crippen LogP contribution >= 0.6 is 23.2 Å². The Balaban J connectivity index is 1.26. The van der Waals surface area contributed by atoms with E-state index >= 15 is 0 Å². The van der Waals surface area contributed by atoms with E-state index < -0.39 is 0 Å². The molecule has 2 aromatic heterocycles. The highest BCUT2D eigenvalue weighted by Crippen LogP contribution is 2.43. The summed E-state index contributed by atoms with van der Waals surface area (Å²) in [6.45, 7) is 2.73. The molecule has 0 unspecified atom stereocenters. The van der Waals surface area contributed by atoms with Gasteiger partial charge in [0.2, 0.25) is 0 Å².